The first kappa shape index (κ1) is 12.9. The van der Waals surface area contributed by atoms with Gasteiger partial charge in [-0.25, -0.2) is 0 Å². The Balaban J connectivity index is 2.53. The minimum Gasteiger partial charge on any atom is -0.496 e. The summed E-state index contributed by atoms with van der Waals surface area (Å²) in [6.07, 6.45) is 0.994. The monoisotopic (exact) mass is 243 g/mol. The number of nitrogens with one attached hydrogen (secondary N) is 1. The fourth-order valence-corrected chi connectivity index (χ4v) is 2.23. The highest BCUT2D eigenvalue weighted by Gasteiger charge is 2.17. The van der Waals surface area contributed by atoms with E-state index < -0.39 is 0 Å². The van der Waals surface area contributed by atoms with Crippen molar-refractivity contribution in [2.75, 3.05) is 14.2 Å². The van der Waals surface area contributed by atoms with Gasteiger partial charge in [0, 0.05) is 10.9 Å². The van der Waals surface area contributed by atoms with E-state index in [1.54, 1.807) is 7.11 Å². The minimum absolute atomic E-state index is 0.0946. The van der Waals surface area contributed by atoms with Gasteiger partial charge >= 0.3 is 0 Å². The maximum Gasteiger partial charge on any atom is 0.126 e. The van der Waals surface area contributed by atoms with Crippen molar-refractivity contribution in [1.29, 1.82) is 0 Å². The Morgan fingerprint density at radius 3 is 2.33 bits per heavy atom. The SMILES string of the molecule is CNC(C)(C)Cc1ccc(OC)c2ccccc12. The molecule has 2 heteroatoms. The molecule has 2 nitrogen and oxygen atoms in total. The van der Waals surface area contributed by atoms with Crippen molar-refractivity contribution in [3.63, 3.8) is 0 Å². The van der Waals surface area contributed by atoms with Crippen LogP contribution >= 0.6 is 0 Å². The molecule has 0 unspecified atom stereocenters. The summed E-state index contributed by atoms with van der Waals surface area (Å²) >= 11 is 0. The third-order valence-electron chi connectivity index (χ3n) is 3.50. The Labute approximate surface area is 109 Å². The summed E-state index contributed by atoms with van der Waals surface area (Å²) in [5.74, 6) is 0.941. The number of methoxy groups -OCH3 is 1. The van der Waals surface area contributed by atoms with Crippen LogP contribution in [0.2, 0.25) is 0 Å². The van der Waals surface area contributed by atoms with Crippen LogP contribution < -0.4 is 10.1 Å². The quantitative estimate of drug-likeness (QED) is 0.888. The Morgan fingerprint density at radius 2 is 1.72 bits per heavy atom. The highest BCUT2D eigenvalue weighted by atomic mass is 16.5. The second kappa shape index (κ2) is 4.99. The lowest BCUT2D eigenvalue weighted by molar-refractivity contribution is 0.416. The molecule has 0 saturated carbocycles. The molecule has 0 bridgehead atoms. The molecular weight excluding hydrogens is 222 g/mol. The molecule has 2 rings (SSSR count). The van der Waals surface area contributed by atoms with Crippen LogP contribution in [0.5, 0.6) is 5.75 Å². The van der Waals surface area contributed by atoms with E-state index in [9.17, 15) is 0 Å². The lowest BCUT2D eigenvalue weighted by Gasteiger charge is -2.25. The summed E-state index contributed by atoms with van der Waals surface area (Å²) in [4.78, 5) is 0. The van der Waals surface area contributed by atoms with Gasteiger partial charge in [0.05, 0.1) is 7.11 Å². The third-order valence-corrected chi connectivity index (χ3v) is 3.50. The van der Waals surface area contributed by atoms with E-state index in [2.05, 4.69) is 55.6 Å². The lowest BCUT2D eigenvalue weighted by Crippen LogP contribution is -2.38. The molecular formula is C16H21NO. The molecule has 0 radical (unpaired) electrons. The Hall–Kier alpha value is -1.54. The zero-order valence-corrected chi connectivity index (χ0v) is 11.6. The van der Waals surface area contributed by atoms with Crippen molar-refractivity contribution in [3.8, 4) is 5.75 Å². The zero-order chi connectivity index (χ0) is 13.2. The summed E-state index contributed by atoms with van der Waals surface area (Å²) in [5, 5.41) is 5.81. The van der Waals surface area contributed by atoms with Gasteiger partial charge in [-0.1, -0.05) is 30.3 Å². The van der Waals surface area contributed by atoms with Crippen LogP contribution in [0.25, 0.3) is 10.8 Å². The maximum absolute atomic E-state index is 5.42. The number of fused-ring (bicyclic) bond motifs is 1. The van der Waals surface area contributed by atoms with Crippen LogP contribution in [0.3, 0.4) is 0 Å². The first-order chi connectivity index (χ1) is 8.57. The van der Waals surface area contributed by atoms with Crippen molar-refractivity contribution in [1.82, 2.24) is 5.32 Å². The fraction of sp³-hybridized carbons (Fsp3) is 0.375. The molecule has 0 fully saturated rings. The van der Waals surface area contributed by atoms with E-state index in [4.69, 9.17) is 4.74 Å². The van der Waals surface area contributed by atoms with Crippen LogP contribution in [-0.4, -0.2) is 19.7 Å². The number of hydrogen-bond donors (Lipinski definition) is 1. The highest BCUT2D eigenvalue weighted by molar-refractivity contribution is 5.91. The molecule has 0 aliphatic heterocycles. The number of benzene rings is 2. The van der Waals surface area contributed by atoms with Gasteiger partial charge in [0.2, 0.25) is 0 Å². The molecule has 2 aromatic rings. The average Bonchev–Trinajstić information content (AvgIpc) is 2.39. The number of hydrogen-bond acceptors (Lipinski definition) is 2. The van der Waals surface area contributed by atoms with Gasteiger partial charge in [-0.2, -0.15) is 0 Å². The molecule has 0 saturated heterocycles. The normalized spacial score (nSPS) is 11.8. The molecule has 0 spiro atoms. The summed E-state index contributed by atoms with van der Waals surface area (Å²) in [6.45, 7) is 4.43. The van der Waals surface area contributed by atoms with E-state index >= 15 is 0 Å². The molecule has 0 aliphatic rings. The Kier molecular flexibility index (Phi) is 3.58. The fourth-order valence-electron chi connectivity index (χ4n) is 2.23. The average molecular weight is 243 g/mol. The predicted molar refractivity (Wildman–Crippen MR) is 77.3 cm³/mol. The standard InChI is InChI=1S/C16H21NO/c1-16(2,17-3)11-12-9-10-15(18-4)14-8-6-5-7-13(12)14/h5-10,17H,11H2,1-4H3. The number of likely N-dealkylation sites (N-methyl/N-ethyl adjacent to an activating group) is 1. The van der Waals surface area contributed by atoms with E-state index in [1.165, 1.54) is 16.3 Å². The van der Waals surface area contributed by atoms with Gasteiger partial charge in [-0.3, -0.25) is 0 Å². The largest absolute Gasteiger partial charge is 0.496 e. The third kappa shape index (κ3) is 2.49. The molecule has 96 valence electrons. The van der Waals surface area contributed by atoms with Crippen LogP contribution in [0.1, 0.15) is 19.4 Å². The second-order valence-corrected chi connectivity index (χ2v) is 5.28. The summed E-state index contributed by atoms with van der Waals surface area (Å²) in [7, 11) is 3.73. The Bertz CT molecular complexity index is 546. The molecule has 0 atom stereocenters. The first-order valence-corrected chi connectivity index (χ1v) is 6.31. The molecule has 18 heavy (non-hydrogen) atoms. The van der Waals surface area contributed by atoms with Crippen LogP contribution in [0.4, 0.5) is 0 Å². The summed E-state index contributed by atoms with van der Waals surface area (Å²) < 4.78 is 5.42. The van der Waals surface area contributed by atoms with Crippen molar-refractivity contribution < 1.29 is 4.74 Å². The number of ether oxygens (including phenoxy) is 1. The maximum atomic E-state index is 5.42. The predicted octanol–water partition coefficient (Wildman–Crippen LogP) is 3.39. The first-order valence-electron chi connectivity index (χ1n) is 6.31. The van der Waals surface area contributed by atoms with Crippen molar-refractivity contribution >= 4 is 10.8 Å². The molecule has 0 aromatic heterocycles. The van der Waals surface area contributed by atoms with Gasteiger partial charge in [-0.15, -0.1) is 0 Å². The summed E-state index contributed by atoms with van der Waals surface area (Å²) in [5.41, 5.74) is 1.45. The van der Waals surface area contributed by atoms with Crippen LogP contribution in [0, 0.1) is 0 Å². The molecule has 2 aromatic carbocycles. The topological polar surface area (TPSA) is 21.3 Å². The number of rotatable bonds is 4. The van der Waals surface area contributed by atoms with E-state index in [0.717, 1.165) is 12.2 Å². The smallest absolute Gasteiger partial charge is 0.126 e. The van der Waals surface area contributed by atoms with Gasteiger partial charge in [-0.05, 0) is 44.3 Å². The van der Waals surface area contributed by atoms with Gasteiger partial charge in [0.15, 0.2) is 0 Å². The van der Waals surface area contributed by atoms with Gasteiger partial charge < -0.3 is 10.1 Å². The van der Waals surface area contributed by atoms with Gasteiger partial charge in [0.1, 0.15) is 5.75 Å². The van der Waals surface area contributed by atoms with E-state index in [0.29, 0.717) is 0 Å². The zero-order valence-electron chi connectivity index (χ0n) is 11.6. The molecule has 1 N–H and O–H groups in total. The molecule has 0 aliphatic carbocycles. The van der Waals surface area contributed by atoms with Crippen LogP contribution in [-0.2, 0) is 6.42 Å². The summed E-state index contributed by atoms with van der Waals surface area (Å²) in [6, 6.07) is 12.6. The second-order valence-electron chi connectivity index (χ2n) is 5.28. The highest BCUT2D eigenvalue weighted by Crippen LogP contribution is 2.30. The van der Waals surface area contributed by atoms with E-state index in [-0.39, 0.29) is 5.54 Å². The minimum atomic E-state index is 0.0946. The molecule has 0 amide bonds. The lowest BCUT2D eigenvalue weighted by atomic mass is 9.91. The molecule has 0 heterocycles. The Morgan fingerprint density at radius 1 is 1.06 bits per heavy atom. The van der Waals surface area contributed by atoms with E-state index in [1.807, 2.05) is 7.05 Å². The van der Waals surface area contributed by atoms with Gasteiger partial charge in [0.25, 0.3) is 0 Å². The van der Waals surface area contributed by atoms with Crippen molar-refractivity contribution in [2.45, 2.75) is 25.8 Å². The van der Waals surface area contributed by atoms with Crippen molar-refractivity contribution in [3.05, 3.63) is 42.0 Å². The van der Waals surface area contributed by atoms with Crippen LogP contribution in [0.15, 0.2) is 36.4 Å². The van der Waals surface area contributed by atoms with Crippen molar-refractivity contribution in [2.24, 2.45) is 0 Å².